The highest BCUT2D eigenvalue weighted by Crippen LogP contribution is 2.40. The van der Waals surface area contributed by atoms with Gasteiger partial charge in [-0.2, -0.15) is 4.57 Å². The molecule has 1 fully saturated rings. The number of nitrogens with zero attached hydrogens (tertiary/aromatic N) is 7. The molecular formula is C28H27N10O5S3+. The maximum Gasteiger partial charge on any atom is 0.352 e. The highest BCUT2D eigenvalue weighted by molar-refractivity contribution is 8.00. The van der Waals surface area contributed by atoms with Gasteiger partial charge in [-0.25, -0.2) is 14.8 Å². The number of aromatic nitrogens is 4. The second-order valence-corrected chi connectivity index (χ2v) is 13.4. The van der Waals surface area contributed by atoms with E-state index in [2.05, 4.69) is 30.3 Å². The third kappa shape index (κ3) is 5.37. The maximum absolute atomic E-state index is 13.3. The first kappa shape index (κ1) is 29.9. The molecule has 2 atom stereocenters. The zero-order valence-electron chi connectivity index (χ0n) is 24.2. The molecule has 236 valence electrons. The van der Waals surface area contributed by atoms with Crippen LogP contribution < -0.4 is 20.9 Å². The number of amides is 2. The standard InChI is InChI=1S/C28H26N10O5S3/c1-43-35-20(15-12-46-28(29)33-15)24(39)34-21-25(40)38-22(27(41)42)14(11-45-26(21)38)9-36-7-2-3-17-18(36)4-8-37(17)10-19-32-16(13-44-19)23-30-5-6-31-23/h2-4,7-8,12-13,21,26H,5-6,9-11H2,1H3,(H4-,29,30,31,33,34,39,41,42)/p+1/b35-20-/t21-,26-/m1/s1. The Hall–Kier alpha value is -4.81. The number of thioether (sulfide) groups is 1. The van der Waals surface area contributed by atoms with Crippen molar-refractivity contribution in [2.75, 3.05) is 31.7 Å². The van der Waals surface area contributed by atoms with Gasteiger partial charge in [0.25, 0.3) is 11.8 Å². The predicted molar refractivity (Wildman–Crippen MR) is 173 cm³/mol. The van der Waals surface area contributed by atoms with Crippen LogP contribution in [-0.4, -0.2) is 91.2 Å². The van der Waals surface area contributed by atoms with Gasteiger partial charge in [-0.05, 0) is 6.07 Å². The molecule has 7 heterocycles. The summed E-state index contributed by atoms with van der Waals surface area (Å²) in [6, 6.07) is 4.97. The van der Waals surface area contributed by atoms with E-state index in [-0.39, 0.29) is 28.8 Å². The number of carbonyl (C=O) groups is 3. The Labute approximate surface area is 273 Å². The maximum atomic E-state index is 13.3. The average molecular weight is 680 g/mol. The van der Waals surface area contributed by atoms with Gasteiger partial charge in [-0.1, -0.05) is 5.16 Å². The average Bonchev–Trinajstić information content (AvgIpc) is 3.87. The van der Waals surface area contributed by atoms with Gasteiger partial charge >= 0.3 is 5.97 Å². The third-order valence-corrected chi connectivity index (χ3v) is 10.5. The lowest BCUT2D eigenvalue weighted by Gasteiger charge is -2.49. The molecule has 0 aromatic carbocycles. The number of carbonyl (C=O) groups excluding carboxylic acids is 2. The molecule has 7 rings (SSSR count). The van der Waals surface area contributed by atoms with Crippen LogP contribution in [0.1, 0.15) is 16.4 Å². The van der Waals surface area contributed by atoms with Crippen molar-refractivity contribution in [1.29, 1.82) is 0 Å². The summed E-state index contributed by atoms with van der Waals surface area (Å²) in [5.74, 6) is -1.22. The molecule has 0 radical (unpaired) electrons. The van der Waals surface area contributed by atoms with Gasteiger partial charge in [0.1, 0.15) is 52.0 Å². The highest BCUT2D eigenvalue weighted by atomic mass is 32.2. The number of β-lactam (4-membered cyclic amide) rings is 1. The summed E-state index contributed by atoms with van der Waals surface area (Å²) in [5, 5.41) is 24.1. The fourth-order valence-corrected chi connectivity index (χ4v) is 8.27. The van der Waals surface area contributed by atoms with Gasteiger partial charge in [-0.15, -0.1) is 34.4 Å². The number of fused-ring (bicyclic) bond motifs is 2. The number of nitrogen functional groups attached to an aromatic ring is 1. The quantitative estimate of drug-likeness (QED) is 0.0799. The van der Waals surface area contributed by atoms with E-state index >= 15 is 0 Å². The number of carboxylic acid groups (broad SMARTS) is 1. The van der Waals surface area contributed by atoms with Gasteiger partial charge in [0.2, 0.25) is 5.52 Å². The Morgan fingerprint density at radius 1 is 1.28 bits per heavy atom. The smallest absolute Gasteiger partial charge is 0.352 e. The molecule has 0 saturated carbocycles. The van der Waals surface area contributed by atoms with Gasteiger partial charge in [-0.3, -0.25) is 19.5 Å². The number of nitrogens with two attached hydrogens (primary N) is 1. The van der Waals surface area contributed by atoms with Gasteiger partial charge in [0.05, 0.1) is 13.1 Å². The number of thiazole rings is 2. The lowest BCUT2D eigenvalue weighted by Crippen LogP contribution is -2.71. The SMILES string of the molecule is CO/N=C(\C(=O)N[C@@H]1C(=O)N2C(C(=O)O)=C(C[n+]3cccc4c3ccn4Cc3nc(C4=NCCN4)cs3)CS[C@H]12)c1csc(N)n1. The Morgan fingerprint density at radius 2 is 2.15 bits per heavy atom. The summed E-state index contributed by atoms with van der Waals surface area (Å²) in [6.07, 6.45) is 3.88. The van der Waals surface area contributed by atoms with Crippen molar-refractivity contribution in [1.82, 2.24) is 30.1 Å². The zero-order chi connectivity index (χ0) is 31.9. The normalized spacial score (nSPS) is 19.5. The topological polar surface area (TPSA) is 193 Å². The minimum Gasteiger partial charge on any atom is -0.477 e. The molecule has 4 aromatic rings. The summed E-state index contributed by atoms with van der Waals surface area (Å²) in [6.45, 7) is 2.42. The molecule has 3 aliphatic rings. The van der Waals surface area contributed by atoms with Gasteiger partial charge in [0, 0.05) is 47.0 Å². The monoisotopic (exact) mass is 679 g/mol. The summed E-state index contributed by atoms with van der Waals surface area (Å²) in [7, 11) is 1.29. The molecule has 0 spiro atoms. The minimum absolute atomic E-state index is 0.0695. The fraction of sp³-hybridized carbons (Fsp3) is 0.286. The number of anilines is 1. The fourth-order valence-electron chi connectivity index (χ4n) is 5.61. The Morgan fingerprint density at radius 3 is 2.89 bits per heavy atom. The van der Waals surface area contributed by atoms with E-state index in [9.17, 15) is 19.5 Å². The molecule has 15 nitrogen and oxygen atoms in total. The van der Waals surface area contributed by atoms with Crippen molar-refractivity contribution in [2.45, 2.75) is 24.5 Å². The molecule has 2 amide bonds. The number of aliphatic carboxylic acids is 1. The van der Waals surface area contributed by atoms with Crippen LogP contribution in [-0.2, 0) is 32.3 Å². The number of aliphatic imine (C=N–C) groups is 1. The van der Waals surface area contributed by atoms with Crippen LogP contribution in [0.5, 0.6) is 0 Å². The molecule has 0 bridgehead atoms. The van der Waals surface area contributed by atoms with E-state index in [4.69, 9.17) is 15.6 Å². The molecule has 3 aliphatic heterocycles. The van der Waals surface area contributed by atoms with E-state index in [1.54, 1.807) is 16.7 Å². The first-order valence-electron chi connectivity index (χ1n) is 14.1. The molecular weight excluding hydrogens is 653 g/mol. The molecule has 18 heteroatoms. The largest absolute Gasteiger partial charge is 0.477 e. The number of nitrogens with one attached hydrogen (secondary N) is 2. The summed E-state index contributed by atoms with van der Waals surface area (Å²) in [4.78, 5) is 58.2. The van der Waals surface area contributed by atoms with Crippen molar-refractivity contribution in [3.8, 4) is 0 Å². The lowest BCUT2D eigenvalue weighted by atomic mass is 10.0. The zero-order valence-corrected chi connectivity index (χ0v) is 26.7. The number of amidine groups is 1. The van der Waals surface area contributed by atoms with Crippen molar-refractivity contribution in [3.63, 3.8) is 0 Å². The van der Waals surface area contributed by atoms with Crippen molar-refractivity contribution >= 4 is 79.9 Å². The van der Waals surface area contributed by atoms with E-state index in [0.29, 0.717) is 17.9 Å². The second-order valence-electron chi connectivity index (χ2n) is 10.4. The van der Waals surface area contributed by atoms with Crippen LogP contribution in [0.15, 0.2) is 62.8 Å². The number of rotatable bonds is 10. The van der Waals surface area contributed by atoms with Crippen molar-refractivity contribution in [2.24, 2.45) is 10.1 Å². The first-order chi connectivity index (χ1) is 22.3. The Balaban J connectivity index is 1.09. The molecule has 0 aliphatic carbocycles. The van der Waals surface area contributed by atoms with Crippen LogP contribution >= 0.6 is 34.4 Å². The number of hydrogen-bond acceptors (Lipinski definition) is 13. The first-order valence-corrected chi connectivity index (χ1v) is 16.9. The minimum atomic E-state index is -1.20. The van der Waals surface area contributed by atoms with Gasteiger partial charge in [0.15, 0.2) is 23.6 Å². The molecule has 5 N–H and O–H groups in total. The predicted octanol–water partition coefficient (Wildman–Crippen LogP) is 0.611. The van der Waals surface area contributed by atoms with Gasteiger partial charge < -0.3 is 30.9 Å². The number of pyridine rings is 1. The summed E-state index contributed by atoms with van der Waals surface area (Å²) in [5.41, 5.74) is 9.02. The van der Waals surface area contributed by atoms with E-state index < -0.39 is 29.2 Å². The highest BCUT2D eigenvalue weighted by Gasteiger charge is 2.55. The van der Waals surface area contributed by atoms with Crippen molar-refractivity contribution < 1.29 is 28.9 Å². The molecule has 0 unspecified atom stereocenters. The second kappa shape index (κ2) is 12.2. The van der Waals surface area contributed by atoms with Crippen molar-refractivity contribution in [3.05, 3.63) is 69.0 Å². The third-order valence-electron chi connectivity index (χ3n) is 7.65. The van der Waals surface area contributed by atoms with E-state index in [1.165, 1.54) is 23.8 Å². The molecule has 1 saturated heterocycles. The number of hydrogen-bond donors (Lipinski definition) is 4. The Kier molecular flexibility index (Phi) is 7.91. The summed E-state index contributed by atoms with van der Waals surface area (Å²) >= 11 is 4.10. The molecule has 46 heavy (non-hydrogen) atoms. The van der Waals surface area contributed by atoms with E-state index in [1.807, 2.05) is 40.5 Å². The molecule has 4 aromatic heterocycles. The summed E-state index contributed by atoms with van der Waals surface area (Å²) < 4.78 is 4.08. The van der Waals surface area contributed by atoms with Crippen LogP contribution in [0.4, 0.5) is 5.13 Å². The Bertz CT molecular complexity index is 1980. The number of carboxylic acids is 1. The van der Waals surface area contributed by atoms with Crippen LogP contribution in [0.3, 0.4) is 0 Å². The number of oxime groups is 1. The van der Waals surface area contributed by atoms with Crippen LogP contribution in [0, 0.1) is 0 Å². The van der Waals surface area contributed by atoms with Crippen LogP contribution in [0.2, 0.25) is 0 Å². The van der Waals surface area contributed by atoms with E-state index in [0.717, 1.165) is 52.0 Å². The lowest BCUT2D eigenvalue weighted by molar-refractivity contribution is -0.663. The van der Waals surface area contributed by atoms with Crippen LogP contribution in [0.25, 0.3) is 11.0 Å².